The quantitative estimate of drug-likeness (QED) is 0.712. The van der Waals surface area contributed by atoms with E-state index in [1.165, 1.54) is 5.56 Å². The zero-order chi connectivity index (χ0) is 12.7. The maximum Gasteiger partial charge on any atom is 0.347 e. The summed E-state index contributed by atoms with van der Waals surface area (Å²) in [5.41, 5.74) is 1.28. The Bertz CT molecular complexity index is 343. The molecule has 0 aliphatic rings. The van der Waals surface area contributed by atoms with Crippen LogP contribution in [-0.4, -0.2) is 18.7 Å². The molecule has 0 spiro atoms. The van der Waals surface area contributed by atoms with Gasteiger partial charge in [-0.1, -0.05) is 25.5 Å². The lowest BCUT2D eigenvalue weighted by atomic mass is 10.1. The number of benzene rings is 1. The summed E-state index contributed by atoms with van der Waals surface area (Å²) in [6, 6.07) is 7.83. The monoisotopic (exact) mass is 236 g/mol. The number of esters is 1. The number of rotatable bonds is 6. The van der Waals surface area contributed by atoms with Gasteiger partial charge >= 0.3 is 5.97 Å². The van der Waals surface area contributed by atoms with Gasteiger partial charge in [0.05, 0.1) is 6.61 Å². The van der Waals surface area contributed by atoms with Gasteiger partial charge < -0.3 is 9.47 Å². The van der Waals surface area contributed by atoms with Crippen LogP contribution in [0.3, 0.4) is 0 Å². The summed E-state index contributed by atoms with van der Waals surface area (Å²) in [5, 5.41) is 0. The van der Waals surface area contributed by atoms with Crippen molar-refractivity contribution in [1.29, 1.82) is 0 Å². The highest BCUT2D eigenvalue weighted by molar-refractivity contribution is 5.74. The molecule has 0 saturated heterocycles. The Morgan fingerprint density at radius 3 is 2.41 bits per heavy atom. The van der Waals surface area contributed by atoms with E-state index in [1.54, 1.807) is 13.8 Å². The van der Waals surface area contributed by atoms with E-state index < -0.39 is 6.10 Å². The van der Waals surface area contributed by atoms with E-state index in [2.05, 4.69) is 6.92 Å². The summed E-state index contributed by atoms with van der Waals surface area (Å²) in [7, 11) is 0. The first-order valence-corrected chi connectivity index (χ1v) is 6.09. The van der Waals surface area contributed by atoms with Crippen molar-refractivity contribution in [3.8, 4) is 5.75 Å². The minimum atomic E-state index is -0.563. The Labute approximate surface area is 103 Å². The van der Waals surface area contributed by atoms with Crippen molar-refractivity contribution in [2.45, 2.75) is 39.7 Å². The summed E-state index contributed by atoms with van der Waals surface area (Å²) >= 11 is 0. The molecule has 17 heavy (non-hydrogen) atoms. The van der Waals surface area contributed by atoms with Gasteiger partial charge in [0, 0.05) is 0 Å². The molecule has 1 atom stereocenters. The number of aryl methyl sites for hydroxylation is 1. The fourth-order valence-electron chi connectivity index (χ4n) is 1.54. The number of ether oxygens (including phenoxy) is 2. The molecule has 3 nitrogen and oxygen atoms in total. The molecule has 94 valence electrons. The van der Waals surface area contributed by atoms with Crippen LogP contribution in [0.1, 0.15) is 32.8 Å². The number of carbonyl (C=O) groups excluding carboxylic acids is 1. The summed E-state index contributed by atoms with van der Waals surface area (Å²) in [4.78, 5) is 11.4. The third-order valence-electron chi connectivity index (χ3n) is 2.39. The molecule has 1 aromatic rings. The summed E-state index contributed by atoms with van der Waals surface area (Å²) in [5.74, 6) is 0.371. The molecule has 1 aromatic carbocycles. The van der Waals surface area contributed by atoms with Gasteiger partial charge in [-0.05, 0) is 38.0 Å². The molecule has 1 rings (SSSR count). The first-order valence-electron chi connectivity index (χ1n) is 6.09. The van der Waals surface area contributed by atoms with Crippen molar-refractivity contribution in [2.24, 2.45) is 0 Å². The molecular weight excluding hydrogens is 216 g/mol. The Kier molecular flexibility index (Phi) is 5.53. The van der Waals surface area contributed by atoms with Crippen LogP contribution in [0.4, 0.5) is 0 Å². The second kappa shape index (κ2) is 6.94. The number of hydrogen-bond donors (Lipinski definition) is 0. The van der Waals surface area contributed by atoms with Crippen molar-refractivity contribution < 1.29 is 14.3 Å². The van der Waals surface area contributed by atoms with E-state index in [1.807, 2.05) is 24.3 Å². The third kappa shape index (κ3) is 4.47. The highest BCUT2D eigenvalue weighted by Crippen LogP contribution is 2.15. The fraction of sp³-hybridized carbons (Fsp3) is 0.500. The van der Waals surface area contributed by atoms with Gasteiger partial charge in [0.15, 0.2) is 6.10 Å². The van der Waals surface area contributed by atoms with Crippen LogP contribution >= 0.6 is 0 Å². The van der Waals surface area contributed by atoms with Gasteiger partial charge in [-0.3, -0.25) is 0 Å². The minimum Gasteiger partial charge on any atom is -0.479 e. The first kappa shape index (κ1) is 13.6. The highest BCUT2D eigenvalue weighted by atomic mass is 16.6. The largest absolute Gasteiger partial charge is 0.479 e. The van der Waals surface area contributed by atoms with Crippen molar-refractivity contribution in [3.63, 3.8) is 0 Å². The van der Waals surface area contributed by atoms with Gasteiger partial charge in [0.25, 0.3) is 0 Å². The zero-order valence-electron chi connectivity index (χ0n) is 10.7. The maximum absolute atomic E-state index is 11.4. The summed E-state index contributed by atoms with van der Waals surface area (Å²) in [6.07, 6.45) is 1.62. The van der Waals surface area contributed by atoms with Crippen LogP contribution in [0, 0.1) is 0 Å². The van der Waals surface area contributed by atoms with E-state index in [9.17, 15) is 4.79 Å². The van der Waals surface area contributed by atoms with Crippen LogP contribution < -0.4 is 4.74 Å². The Morgan fingerprint density at radius 1 is 1.24 bits per heavy atom. The molecule has 0 aromatic heterocycles. The zero-order valence-corrected chi connectivity index (χ0v) is 10.7. The Morgan fingerprint density at radius 2 is 1.88 bits per heavy atom. The van der Waals surface area contributed by atoms with Crippen molar-refractivity contribution in [1.82, 2.24) is 0 Å². The number of carbonyl (C=O) groups is 1. The second-order valence-corrected chi connectivity index (χ2v) is 3.91. The molecule has 0 aliphatic carbocycles. The molecule has 0 bridgehead atoms. The maximum atomic E-state index is 11.4. The van der Waals surface area contributed by atoms with E-state index in [0.717, 1.165) is 12.8 Å². The van der Waals surface area contributed by atoms with Crippen LogP contribution in [0.5, 0.6) is 5.75 Å². The lowest BCUT2D eigenvalue weighted by Crippen LogP contribution is -2.26. The topological polar surface area (TPSA) is 35.5 Å². The van der Waals surface area contributed by atoms with Gasteiger partial charge in [-0.2, -0.15) is 0 Å². The smallest absolute Gasteiger partial charge is 0.347 e. The molecule has 0 amide bonds. The van der Waals surface area contributed by atoms with Gasteiger partial charge in [0.2, 0.25) is 0 Å². The molecule has 3 heteroatoms. The van der Waals surface area contributed by atoms with Crippen LogP contribution in [0.25, 0.3) is 0 Å². The van der Waals surface area contributed by atoms with E-state index in [-0.39, 0.29) is 5.97 Å². The van der Waals surface area contributed by atoms with E-state index >= 15 is 0 Å². The molecular formula is C14H20O3. The first-order chi connectivity index (χ1) is 8.17. The average molecular weight is 236 g/mol. The summed E-state index contributed by atoms with van der Waals surface area (Å²) in [6.45, 7) is 6.00. The van der Waals surface area contributed by atoms with Gasteiger partial charge in [-0.25, -0.2) is 4.79 Å². The minimum absolute atomic E-state index is 0.329. The van der Waals surface area contributed by atoms with E-state index in [0.29, 0.717) is 12.4 Å². The molecule has 0 unspecified atom stereocenters. The fourth-order valence-corrected chi connectivity index (χ4v) is 1.54. The molecule has 0 radical (unpaired) electrons. The Balaban J connectivity index is 2.53. The second-order valence-electron chi connectivity index (χ2n) is 3.91. The van der Waals surface area contributed by atoms with Gasteiger partial charge in [-0.15, -0.1) is 0 Å². The molecule has 0 saturated carbocycles. The third-order valence-corrected chi connectivity index (χ3v) is 2.39. The van der Waals surface area contributed by atoms with Crippen molar-refractivity contribution >= 4 is 5.97 Å². The van der Waals surface area contributed by atoms with Gasteiger partial charge in [0.1, 0.15) is 5.75 Å². The molecule has 0 aliphatic heterocycles. The lowest BCUT2D eigenvalue weighted by molar-refractivity contribution is -0.150. The van der Waals surface area contributed by atoms with Crippen LogP contribution in [0.2, 0.25) is 0 Å². The SMILES string of the molecule is CCCc1ccc(O[C@H](C)C(=O)OCC)cc1. The Hall–Kier alpha value is -1.51. The average Bonchev–Trinajstić information content (AvgIpc) is 2.32. The number of hydrogen-bond acceptors (Lipinski definition) is 3. The normalized spacial score (nSPS) is 11.9. The molecule has 0 N–H and O–H groups in total. The highest BCUT2D eigenvalue weighted by Gasteiger charge is 2.15. The lowest BCUT2D eigenvalue weighted by Gasteiger charge is -2.13. The molecule has 0 fully saturated rings. The van der Waals surface area contributed by atoms with Crippen LogP contribution in [0.15, 0.2) is 24.3 Å². The predicted octanol–water partition coefficient (Wildman–Crippen LogP) is 2.97. The summed E-state index contributed by atoms with van der Waals surface area (Å²) < 4.78 is 10.4. The van der Waals surface area contributed by atoms with Crippen molar-refractivity contribution in [3.05, 3.63) is 29.8 Å². The van der Waals surface area contributed by atoms with E-state index in [4.69, 9.17) is 9.47 Å². The molecule has 0 heterocycles. The van der Waals surface area contributed by atoms with Crippen molar-refractivity contribution in [2.75, 3.05) is 6.61 Å². The standard InChI is InChI=1S/C14H20O3/c1-4-6-12-7-9-13(10-8-12)17-11(3)14(15)16-5-2/h7-11H,4-6H2,1-3H3/t11-/m1/s1. The predicted molar refractivity (Wildman–Crippen MR) is 67.2 cm³/mol. The van der Waals surface area contributed by atoms with Crippen LogP contribution in [-0.2, 0) is 16.0 Å².